The topological polar surface area (TPSA) is 93.6 Å². The van der Waals surface area contributed by atoms with Crippen LogP contribution in [0.2, 0.25) is 0 Å². The van der Waals surface area contributed by atoms with Crippen molar-refractivity contribution in [2.75, 3.05) is 57.4 Å². The van der Waals surface area contributed by atoms with Gasteiger partial charge in [0.25, 0.3) is 0 Å². The second-order valence-electron chi connectivity index (χ2n) is 9.85. The number of morpholine rings is 1. The highest BCUT2D eigenvalue weighted by Crippen LogP contribution is 2.39. The average Bonchev–Trinajstić information content (AvgIpc) is 2.88. The van der Waals surface area contributed by atoms with E-state index in [4.69, 9.17) is 17.0 Å². The quantitative estimate of drug-likeness (QED) is 0.478. The molecule has 38 heavy (non-hydrogen) atoms. The minimum atomic E-state index is -4.83. The van der Waals surface area contributed by atoms with E-state index in [1.54, 1.807) is 12.2 Å². The van der Waals surface area contributed by atoms with Gasteiger partial charge in [-0.25, -0.2) is 8.42 Å². The van der Waals surface area contributed by atoms with E-state index in [0.717, 1.165) is 0 Å². The van der Waals surface area contributed by atoms with Gasteiger partial charge in [-0.1, -0.05) is 36.5 Å². The number of hydrogen-bond acceptors (Lipinski definition) is 8. The highest BCUT2D eigenvalue weighted by atomic mass is 32.2. The largest absolute Gasteiger partial charge is 0.421 e. The van der Waals surface area contributed by atoms with Crippen molar-refractivity contribution in [1.29, 1.82) is 0 Å². The standard InChI is InChI=1S/C25H32F3N3O5S2/c1-24(33,25(26,27)28)18-6-8-19(9-7-18)31-11-10-30(38(34,35)23-5-3-2-4-22(23)37)15-20(31)14-29-12-13-36-21(16-29)17-32/h2-3,5-9,20-21,32-33H,4,10-17H2,1H3/t20-,21+,24+/m0/s1. The summed E-state index contributed by atoms with van der Waals surface area (Å²) in [7, 11) is -3.84. The van der Waals surface area contributed by atoms with E-state index in [0.29, 0.717) is 56.7 Å². The van der Waals surface area contributed by atoms with Crippen LogP contribution in [-0.2, 0) is 20.4 Å². The molecular weight excluding hydrogens is 543 g/mol. The Kier molecular flexibility index (Phi) is 8.67. The molecule has 2 heterocycles. The van der Waals surface area contributed by atoms with Gasteiger partial charge in [0.1, 0.15) is 0 Å². The zero-order valence-electron chi connectivity index (χ0n) is 21.0. The fourth-order valence-electron chi connectivity index (χ4n) is 4.93. The Hall–Kier alpha value is -1.87. The lowest BCUT2D eigenvalue weighted by Gasteiger charge is -2.45. The van der Waals surface area contributed by atoms with Crippen molar-refractivity contribution in [3.8, 4) is 0 Å². The molecule has 210 valence electrons. The number of anilines is 1. The Labute approximate surface area is 226 Å². The summed E-state index contributed by atoms with van der Waals surface area (Å²) in [6.45, 7) is 3.16. The number of hydrogen-bond donors (Lipinski definition) is 2. The van der Waals surface area contributed by atoms with E-state index >= 15 is 0 Å². The molecule has 0 unspecified atom stereocenters. The van der Waals surface area contributed by atoms with Crippen LogP contribution >= 0.6 is 12.2 Å². The molecule has 1 aliphatic carbocycles. The number of alkyl halides is 3. The number of ether oxygens (including phenoxy) is 1. The van der Waals surface area contributed by atoms with Gasteiger partial charge in [-0.15, -0.1) is 0 Å². The molecular formula is C25H32F3N3O5S2. The fourth-order valence-corrected chi connectivity index (χ4v) is 7.00. The normalized spacial score (nSPS) is 25.8. The molecule has 1 aromatic carbocycles. The van der Waals surface area contributed by atoms with Gasteiger partial charge in [0.15, 0.2) is 5.60 Å². The zero-order valence-corrected chi connectivity index (χ0v) is 22.6. The van der Waals surface area contributed by atoms with Crippen LogP contribution in [0.4, 0.5) is 18.9 Å². The fraction of sp³-hybridized carbons (Fsp3) is 0.560. The average molecular weight is 576 g/mol. The maximum Gasteiger partial charge on any atom is 0.421 e. The summed E-state index contributed by atoms with van der Waals surface area (Å²) in [5.41, 5.74) is -2.65. The van der Waals surface area contributed by atoms with Crippen molar-refractivity contribution in [2.45, 2.75) is 37.3 Å². The summed E-state index contributed by atoms with van der Waals surface area (Å²) in [4.78, 5) is 4.55. The second-order valence-corrected chi connectivity index (χ2v) is 12.2. The molecule has 2 N–H and O–H groups in total. The predicted molar refractivity (Wildman–Crippen MR) is 141 cm³/mol. The van der Waals surface area contributed by atoms with Gasteiger partial charge >= 0.3 is 6.18 Å². The van der Waals surface area contributed by atoms with Crippen molar-refractivity contribution >= 4 is 32.8 Å². The summed E-state index contributed by atoms with van der Waals surface area (Å²) >= 11 is 5.32. The number of allylic oxidation sites excluding steroid dienone is 4. The molecule has 13 heteroatoms. The molecule has 3 aliphatic rings. The van der Waals surface area contributed by atoms with Crippen molar-refractivity contribution in [1.82, 2.24) is 9.21 Å². The summed E-state index contributed by atoms with van der Waals surface area (Å²) in [5, 5.41) is 19.6. The summed E-state index contributed by atoms with van der Waals surface area (Å²) in [6, 6.07) is 5.20. The number of rotatable bonds is 7. The van der Waals surface area contributed by atoms with Crippen molar-refractivity contribution < 1.29 is 36.5 Å². The Morgan fingerprint density at radius 1 is 1.13 bits per heavy atom. The first kappa shape index (κ1) is 29.1. The Morgan fingerprint density at radius 3 is 2.47 bits per heavy atom. The Bertz CT molecular complexity index is 1190. The highest BCUT2D eigenvalue weighted by molar-refractivity contribution is 7.96. The van der Waals surface area contributed by atoms with Gasteiger partial charge in [-0.05, 0) is 30.7 Å². The number of thiocarbonyl (C=S) groups is 1. The Balaban J connectivity index is 1.60. The number of sulfonamides is 1. The van der Waals surface area contributed by atoms with E-state index in [-0.39, 0.29) is 42.3 Å². The summed E-state index contributed by atoms with van der Waals surface area (Å²) < 4.78 is 73.9. The molecule has 0 saturated carbocycles. The lowest BCUT2D eigenvalue weighted by atomic mass is 9.95. The number of piperazine rings is 1. The molecule has 0 aromatic heterocycles. The van der Waals surface area contributed by atoms with Crippen molar-refractivity contribution in [3.05, 3.63) is 53.0 Å². The predicted octanol–water partition coefficient (Wildman–Crippen LogP) is 2.18. The van der Waals surface area contributed by atoms with Gasteiger partial charge in [0.05, 0.1) is 30.3 Å². The summed E-state index contributed by atoms with van der Waals surface area (Å²) in [5.74, 6) is 0. The molecule has 2 saturated heterocycles. The molecule has 0 spiro atoms. The lowest BCUT2D eigenvalue weighted by molar-refractivity contribution is -0.258. The van der Waals surface area contributed by atoms with Gasteiger partial charge < -0.3 is 19.8 Å². The van der Waals surface area contributed by atoms with E-state index in [1.807, 2.05) is 4.90 Å². The molecule has 1 aromatic rings. The van der Waals surface area contributed by atoms with E-state index in [2.05, 4.69) is 4.90 Å². The molecule has 8 nitrogen and oxygen atoms in total. The van der Waals surface area contributed by atoms with Crippen molar-refractivity contribution in [2.24, 2.45) is 0 Å². The van der Waals surface area contributed by atoms with Crippen molar-refractivity contribution in [3.63, 3.8) is 0 Å². The zero-order chi connectivity index (χ0) is 27.7. The van der Waals surface area contributed by atoms with E-state index in [1.165, 1.54) is 34.6 Å². The van der Waals surface area contributed by atoms with Crippen LogP contribution in [0.3, 0.4) is 0 Å². The number of nitrogens with zero attached hydrogens (tertiary/aromatic N) is 3. The summed E-state index contributed by atoms with van der Waals surface area (Å²) in [6.07, 6.45) is 0.200. The van der Waals surface area contributed by atoms with E-state index in [9.17, 15) is 31.8 Å². The van der Waals surface area contributed by atoms with Crippen LogP contribution in [0.25, 0.3) is 0 Å². The monoisotopic (exact) mass is 575 g/mol. The second kappa shape index (κ2) is 11.3. The molecule has 0 radical (unpaired) electrons. The minimum Gasteiger partial charge on any atom is -0.394 e. The van der Waals surface area contributed by atoms with Crippen LogP contribution in [0.5, 0.6) is 0 Å². The molecule has 0 bridgehead atoms. The first-order valence-electron chi connectivity index (χ1n) is 12.4. The van der Waals surface area contributed by atoms with Crippen LogP contribution < -0.4 is 4.90 Å². The SMILES string of the molecule is C[C@@](O)(c1ccc(N2CCN(S(=O)(=O)C3=CC=CCC3=S)C[C@@H]2CN2CCO[C@@H](CO)C2)cc1)C(F)(F)F. The maximum absolute atomic E-state index is 13.5. The third-order valence-corrected chi connectivity index (χ3v) is 9.70. The van der Waals surface area contributed by atoms with E-state index < -0.39 is 21.8 Å². The first-order valence-corrected chi connectivity index (χ1v) is 14.2. The smallest absolute Gasteiger partial charge is 0.394 e. The Morgan fingerprint density at radius 2 is 1.84 bits per heavy atom. The number of halogens is 3. The van der Waals surface area contributed by atoms with Crippen LogP contribution in [-0.4, -0.2) is 104 Å². The van der Waals surface area contributed by atoms with Crippen LogP contribution in [0.1, 0.15) is 18.9 Å². The third-order valence-electron chi connectivity index (χ3n) is 7.23. The molecule has 2 aliphatic heterocycles. The highest BCUT2D eigenvalue weighted by Gasteiger charge is 2.51. The number of benzene rings is 1. The van der Waals surface area contributed by atoms with Gasteiger partial charge in [-0.3, -0.25) is 4.90 Å². The van der Waals surface area contributed by atoms with Crippen LogP contribution in [0, 0.1) is 0 Å². The lowest BCUT2D eigenvalue weighted by Crippen LogP contribution is -2.60. The molecule has 0 amide bonds. The molecule has 4 rings (SSSR count). The number of aliphatic hydroxyl groups excluding tert-OH is 1. The van der Waals surface area contributed by atoms with Gasteiger partial charge in [0, 0.05) is 56.2 Å². The third kappa shape index (κ3) is 5.98. The van der Waals surface area contributed by atoms with Gasteiger partial charge in [-0.2, -0.15) is 17.5 Å². The van der Waals surface area contributed by atoms with Crippen LogP contribution in [0.15, 0.2) is 47.4 Å². The molecule has 2 fully saturated rings. The molecule has 3 atom stereocenters. The van der Waals surface area contributed by atoms with Gasteiger partial charge in [0.2, 0.25) is 10.0 Å². The minimum absolute atomic E-state index is 0.118. The maximum atomic E-state index is 13.5. The first-order chi connectivity index (χ1) is 17.8. The number of aliphatic hydroxyl groups is 2.